The molecular weight excluding hydrogens is 232 g/mol. The second-order valence-electron chi connectivity index (χ2n) is 3.85. The fourth-order valence-electron chi connectivity index (χ4n) is 1.78. The highest BCUT2D eigenvalue weighted by Crippen LogP contribution is 2.09. The molecule has 90 valence electrons. The predicted molar refractivity (Wildman–Crippen MR) is 64.2 cm³/mol. The minimum absolute atomic E-state index is 0.0627. The quantitative estimate of drug-likeness (QED) is 0.507. The van der Waals surface area contributed by atoms with E-state index in [2.05, 4.69) is 15.1 Å². The van der Waals surface area contributed by atoms with E-state index >= 15 is 0 Å². The van der Waals surface area contributed by atoms with Gasteiger partial charge in [-0.15, -0.1) is 4.85 Å². The van der Waals surface area contributed by atoms with E-state index in [9.17, 15) is 5.21 Å². The molecule has 0 spiro atoms. The van der Waals surface area contributed by atoms with Crippen LogP contribution in [0.1, 0.15) is 5.56 Å². The number of hydrogen-bond acceptors (Lipinski definition) is 5. The van der Waals surface area contributed by atoms with Gasteiger partial charge in [0.1, 0.15) is 0 Å². The average molecular weight is 242 g/mol. The summed E-state index contributed by atoms with van der Waals surface area (Å²) >= 11 is 0. The molecule has 2 aromatic heterocycles. The summed E-state index contributed by atoms with van der Waals surface area (Å²) < 4.78 is 1.76. The van der Waals surface area contributed by atoms with Gasteiger partial charge >= 0.3 is 5.65 Å². The Morgan fingerprint density at radius 3 is 2.83 bits per heavy atom. The Hall–Kier alpha value is -2.70. The second kappa shape index (κ2) is 3.95. The molecule has 3 rings (SSSR count). The number of nitrogen functional groups attached to an aromatic ring is 1. The lowest BCUT2D eigenvalue weighted by molar-refractivity contribution is -0.643. The number of nitrogens with two attached hydrogens (primary N) is 1. The van der Waals surface area contributed by atoms with E-state index in [0.29, 0.717) is 17.0 Å². The van der Waals surface area contributed by atoms with Gasteiger partial charge in [-0.25, -0.2) is 0 Å². The van der Waals surface area contributed by atoms with Crippen molar-refractivity contribution in [2.45, 2.75) is 6.54 Å². The summed E-state index contributed by atoms with van der Waals surface area (Å²) in [7, 11) is 0. The van der Waals surface area contributed by atoms with Crippen molar-refractivity contribution in [1.82, 2.24) is 19.6 Å². The fraction of sp³-hybridized carbons (Fsp3) is 0.0909. The number of fused-ring (bicyclic) bond motifs is 1. The summed E-state index contributed by atoms with van der Waals surface area (Å²) in [6.45, 7) is 0.577. The van der Waals surface area contributed by atoms with Crippen molar-refractivity contribution in [2.24, 2.45) is 0 Å². The van der Waals surface area contributed by atoms with Crippen LogP contribution in [0.25, 0.3) is 11.3 Å². The maximum absolute atomic E-state index is 11.5. The Balaban J connectivity index is 2.08. The summed E-state index contributed by atoms with van der Waals surface area (Å²) in [5.74, 6) is -0.0627. The third-order valence-corrected chi connectivity index (χ3v) is 2.58. The molecule has 0 fully saturated rings. The third kappa shape index (κ3) is 1.71. The molecule has 0 saturated heterocycles. The van der Waals surface area contributed by atoms with Crippen LogP contribution in [-0.4, -0.2) is 19.6 Å². The van der Waals surface area contributed by atoms with Crippen molar-refractivity contribution in [3.63, 3.8) is 0 Å². The van der Waals surface area contributed by atoms with Gasteiger partial charge in [-0.05, 0) is 15.6 Å². The summed E-state index contributed by atoms with van der Waals surface area (Å²) in [6.07, 6.45) is 1.56. The minimum atomic E-state index is -0.0627. The van der Waals surface area contributed by atoms with Crippen LogP contribution >= 0.6 is 0 Å². The number of benzene rings is 1. The smallest absolute Gasteiger partial charge is 0.392 e. The molecule has 2 N–H and O–H groups in total. The van der Waals surface area contributed by atoms with Gasteiger partial charge in [0.05, 0.1) is 6.54 Å². The molecule has 0 atom stereocenters. The highest BCUT2D eigenvalue weighted by molar-refractivity contribution is 5.62. The number of aromatic nitrogens is 5. The first-order chi connectivity index (χ1) is 8.74. The third-order valence-electron chi connectivity index (χ3n) is 2.58. The molecular formula is C11H10N6O. The van der Waals surface area contributed by atoms with E-state index in [1.807, 2.05) is 30.3 Å². The van der Waals surface area contributed by atoms with Gasteiger partial charge in [-0.3, -0.25) is 4.57 Å². The summed E-state index contributed by atoms with van der Waals surface area (Å²) in [5, 5.41) is 14.9. The van der Waals surface area contributed by atoms with Crippen LogP contribution in [0.2, 0.25) is 0 Å². The zero-order valence-electron chi connectivity index (χ0n) is 9.39. The Labute approximate surface area is 102 Å². The van der Waals surface area contributed by atoms with Crippen LogP contribution < -0.4 is 10.6 Å². The number of rotatable bonds is 2. The summed E-state index contributed by atoms with van der Waals surface area (Å²) in [4.78, 5) is 8.42. The van der Waals surface area contributed by atoms with Gasteiger partial charge in [-0.2, -0.15) is 4.98 Å². The monoisotopic (exact) mass is 242 g/mol. The van der Waals surface area contributed by atoms with Crippen molar-refractivity contribution in [3.05, 3.63) is 47.4 Å². The predicted octanol–water partition coefficient (Wildman–Crippen LogP) is 0.0902. The highest BCUT2D eigenvalue weighted by atomic mass is 16.5. The van der Waals surface area contributed by atoms with Crippen LogP contribution in [0, 0.1) is 5.21 Å². The molecule has 0 radical (unpaired) electrons. The molecule has 0 saturated carbocycles. The molecule has 7 nitrogen and oxygen atoms in total. The maximum atomic E-state index is 11.5. The van der Waals surface area contributed by atoms with Gasteiger partial charge in [0.25, 0.3) is 5.95 Å². The largest absolute Gasteiger partial charge is 0.690 e. The number of imidazole rings is 1. The summed E-state index contributed by atoms with van der Waals surface area (Å²) in [5.41, 5.74) is 7.15. The molecule has 7 heteroatoms. The number of hydrogen-bond donors (Lipinski definition) is 1. The molecule has 0 aliphatic heterocycles. The van der Waals surface area contributed by atoms with Crippen molar-refractivity contribution in [2.75, 3.05) is 5.73 Å². The first-order valence-corrected chi connectivity index (χ1v) is 5.36. The molecule has 0 aliphatic rings. The van der Waals surface area contributed by atoms with Gasteiger partial charge in [-0.1, -0.05) is 30.3 Å². The Kier molecular flexibility index (Phi) is 2.30. The molecule has 1 aromatic carbocycles. The molecule has 18 heavy (non-hydrogen) atoms. The average Bonchev–Trinajstić information content (AvgIpc) is 2.74. The zero-order chi connectivity index (χ0) is 12.5. The van der Waals surface area contributed by atoms with Crippen molar-refractivity contribution in [1.29, 1.82) is 0 Å². The van der Waals surface area contributed by atoms with Gasteiger partial charge in [0, 0.05) is 0 Å². The van der Waals surface area contributed by atoms with E-state index < -0.39 is 0 Å². The van der Waals surface area contributed by atoms with Crippen LogP contribution in [0.3, 0.4) is 0 Å². The Morgan fingerprint density at radius 1 is 1.28 bits per heavy atom. The topological polar surface area (TPSA) is 96.6 Å². The molecule has 3 aromatic rings. The lowest BCUT2D eigenvalue weighted by Gasteiger charge is -2.03. The highest BCUT2D eigenvalue weighted by Gasteiger charge is 2.15. The first-order valence-electron chi connectivity index (χ1n) is 5.36. The number of nitrogens with zero attached hydrogens (tertiary/aromatic N) is 5. The second-order valence-corrected chi connectivity index (χ2v) is 3.85. The Morgan fingerprint density at radius 2 is 2.06 bits per heavy atom. The molecule has 0 bridgehead atoms. The minimum Gasteiger partial charge on any atom is -0.690 e. The maximum Gasteiger partial charge on any atom is 0.392 e. The lowest BCUT2D eigenvalue weighted by atomic mass is 10.2. The van der Waals surface area contributed by atoms with Crippen molar-refractivity contribution < 1.29 is 4.85 Å². The normalized spacial score (nSPS) is 10.9. The van der Waals surface area contributed by atoms with Gasteiger partial charge in [0.2, 0.25) is 12.0 Å². The lowest BCUT2D eigenvalue weighted by Crippen LogP contribution is -2.34. The van der Waals surface area contributed by atoms with E-state index in [1.54, 1.807) is 10.9 Å². The van der Waals surface area contributed by atoms with Crippen LogP contribution in [0.5, 0.6) is 0 Å². The van der Waals surface area contributed by atoms with Gasteiger partial charge < -0.3 is 10.9 Å². The van der Waals surface area contributed by atoms with Gasteiger partial charge in [0.15, 0.2) is 0 Å². The molecule has 0 unspecified atom stereocenters. The number of anilines is 1. The molecule has 2 heterocycles. The zero-order valence-corrected chi connectivity index (χ0v) is 9.39. The summed E-state index contributed by atoms with van der Waals surface area (Å²) in [6, 6.07) is 9.82. The van der Waals surface area contributed by atoms with Crippen molar-refractivity contribution in [3.8, 4) is 0 Å². The first kappa shape index (κ1) is 10.5. The van der Waals surface area contributed by atoms with E-state index in [1.165, 1.54) is 0 Å². The molecule has 0 amide bonds. The van der Waals surface area contributed by atoms with Crippen molar-refractivity contribution >= 4 is 17.2 Å². The SMILES string of the molecule is Nc1nc2c(ncn2Cc2ccccc2)[n+]([O-])n1. The van der Waals surface area contributed by atoms with E-state index in [4.69, 9.17) is 5.73 Å². The van der Waals surface area contributed by atoms with Crippen LogP contribution in [0.15, 0.2) is 36.7 Å². The van der Waals surface area contributed by atoms with E-state index in [-0.39, 0.29) is 11.6 Å². The molecule has 0 aliphatic carbocycles. The van der Waals surface area contributed by atoms with E-state index in [0.717, 1.165) is 5.56 Å². The van der Waals surface area contributed by atoms with Crippen LogP contribution in [-0.2, 0) is 6.54 Å². The fourth-order valence-corrected chi connectivity index (χ4v) is 1.78. The Bertz CT molecular complexity index is 693. The standard InChI is InChI=1S/C11H10N6O/c12-11-14-10-9(17(18)15-11)13-7-16(10)6-8-4-2-1-3-5-8/h1-5,7H,6H2,(H2,12,14,15). The van der Waals surface area contributed by atoms with Crippen LogP contribution in [0.4, 0.5) is 5.95 Å².